The molecule has 1 aliphatic carbocycles. The van der Waals surface area contributed by atoms with Gasteiger partial charge in [-0.25, -0.2) is 9.48 Å². The van der Waals surface area contributed by atoms with Crippen LogP contribution in [0.3, 0.4) is 0 Å². The summed E-state index contributed by atoms with van der Waals surface area (Å²) in [7, 11) is 1.98. The molecular formula is C21H28N6O5. The molecule has 11 nitrogen and oxygen atoms in total. The number of hydrogen-bond donors (Lipinski definition) is 2. The molecule has 172 valence electrons. The Hall–Kier alpha value is -3.21. The van der Waals surface area contributed by atoms with Gasteiger partial charge in [-0.2, -0.15) is 0 Å². The molecular weight excluding hydrogens is 416 g/mol. The highest BCUT2D eigenvalue weighted by Crippen LogP contribution is 2.46. The van der Waals surface area contributed by atoms with Gasteiger partial charge in [-0.3, -0.25) is 4.79 Å². The van der Waals surface area contributed by atoms with E-state index in [0.717, 1.165) is 43.6 Å². The van der Waals surface area contributed by atoms with Gasteiger partial charge in [-0.1, -0.05) is 10.4 Å². The lowest BCUT2D eigenvalue weighted by molar-refractivity contribution is -0.147. The number of aromatic nitrogens is 3. The lowest BCUT2D eigenvalue weighted by Crippen LogP contribution is -2.50. The number of rotatable bonds is 10. The molecule has 1 fully saturated rings. The molecule has 2 aromatic rings. The number of carbonyl (C=O) groups excluding carboxylic acids is 1. The lowest BCUT2D eigenvalue weighted by atomic mass is 9.68. The Kier molecular flexibility index (Phi) is 6.26. The summed E-state index contributed by atoms with van der Waals surface area (Å²) >= 11 is 0. The number of carbonyl (C=O) groups is 2. The maximum atomic E-state index is 12.3. The number of nitrogens with one attached hydrogen (secondary N) is 1. The van der Waals surface area contributed by atoms with Crippen molar-refractivity contribution in [2.75, 3.05) is 20.1 Å². The second-order valence-corrected chi connectivity index (χ2v) is 8.75. The van der Waals surface area contributed by atoms with E-state index >= 15 is 0 Å². The Morgan fingerprint density at radius 1 is 1.41 bits per heavy atom. The van der Waals surface area contributed by atoms with Gasteiger partial charge in [-0.05, 0) is 33.0 Å². The molecule has 0 bridgehead atoms. The second-order valence-electron chi connectivity index (χ2n) is 8.75. The molecule has 1 aliphatic heterocycles. The van der Waals surface area contributed by atoms with Crippen LogP contribution < -0.4 is 5.32 Å². The Labute approximate surface area is 185 Å². The number of furan rings is 1. The van der Waals surface area contributed by atoms with Gasteiger partial charge in [0.2, 0.25) is 11.7 Å². The van der Waals surface area contributed by atoms with Gasteiger partial charge in [0.25, 0.3) is 0 Å². The van der Waals surface area contributed by atoms with E-state index in [1.165, 1.54) is 6.26 Å². The summed E-state index contributed by atoms with van der Waals surface area (Å²) in [6.07, 6.45) is 6.27. The first kappa shape index (κ1) is 22.0. The van der Waals surface area contributed by atoms with Crippen LogP contribution in [0.15, 0.2) is 28.1 Å². The molecule has 3 heterocycles. The Bertz CT molecular complexity index is 1010. The van der Waals surface area contributed by atoms with E-state index in [1.807, 2.05) is 14.0 Å². The average molecular weight is 444 g/mol. The third-order valence-electron chi connectivity index (χ3n) is 5.89. The van der Waals surface area contributed by atoms with E-state index in [0.29, 0.717) is 18.7 Å². The standard InChI is InChI=1S/C21H28N6O5/c1-14-8-21(32-24-14)9-16(10-21)19(28)22-5-3-6-26(2)12-17-13-27(25-23-17)11-15-4-7-31-18(15)20(29)30/h4,7,13,16H,3,5-6,8-12H2,1-2H3,(H,22,28)(H,29,30). The summed E-state index contributed by atoms with van der Waals surface area (Å²) in [5.74, 6) is -1.09. The van der Waals surface area contributed by atoms with Gasteiger partial charge < -0.3 is 24.6 Å². The number of amides is 1. The SMILES string of the molecule is CC1=NOC2(C1)CC(C(=O)NCCCN(C)Cc1cn(Cc3ccoc3C(=O)O)nn1)C2. The third kappa shape index (κ3) is 4.98. The largest absolute Gasteiger partial charge is 0.475 e. The monoisotopic (exact) mass is 444 g/mol. The molecule has 0 aromatic carbocycles. The van der Waals surface area contributed by atoms with Crippen LogP contribution in [0.2, 0.25) is 0 Å². The number of carboxylic acid groups (broad SMARTS) is 1. The summed E-state index contributed by atoms with van der Waals surface area (Å²) in [6.45, 7) is 4.25. The van der Waals surface area contributed by atoms with E-state index in [-0.39, 0.29) is 29.7 Å². The predicted octanol–water partition coefficient (Wildman–Crippen LogP) is 1.50. The van der Waals surface area contributed by atoms with Crippen molar-refractivity contribution < 1.29 is 24.0 Å². The first-order valence-electron chi connectivity index (χ1n) is 10.7. The van der Waals surface area contributed by atoms with Crippen LogP contribution in [-0.4, -0.2) is 68.3 Å². The zero-order chi connectivity index (χ0) is 22.7. The number of oxime groups is 1. The number of aromatic carboxylic acids is 1. The van der Waals surface area contributed by atoms with E-state index < -0.39 is 5.97 Å². The van der Waals surface area contributed by atoms with Crippen molar-refractivity contribution >= 4 is 17.6 Å². The summed E-state index contributed by atoms with van der Waals surface area (Å²) in [5, 5.41) is 24.4. The van der Waals surface area contributed by atoms with E-state index in [1.54, 1.807) is 16.9 Å². The fraction of sp³-hybridized carbons (Fsp3) is 0.571. The lowest BCUT2D eigenvalue weighted by Gasteiger charge is -2.41. The molecule has 2 N–H and O–H groups in total. The molecule has 0 radical (unpaired) electrons. The summed E-state index contributed by atoms with van der Waals surface area (Å²) < 4.78 is 6.57. The fourth-order valence-corrected chi connectivity index (χ4v) is 4.32. The number of nitrogens with zero attached hydrogens (tertiary/aromatic N) is 5. The average Bonchev–Trinajstić information content (AvgIpc) is 3.44. The summed E-state index contributed by atoms with van der Waals surface area (Å²) in [4.78, 5) is 31.0. The first-order valence-corrected chi connectivity index (χ1v) is 10.7. The van der Waals surface area contributed by atoms with Gasteiger partial charge >= 0.3 is 5.97 Å². The summed E-state index contributed by atoms with van der Waals surface area (Å²) in [5.41, 5.74) is 2.10. The van der Waals surface area contributed by atoms with Crippen LogP contribution in [0.4, 0.5) is 0 Å². The van der Waals surface area contributed by atoms with Crippen LogP contribution in [0.5, 0.6) is 0 Å². The van der Waals surface area contributed by atoms with Crippen molar-refractivity contribution in [3.05, 3.63) is 35.5 Å². The minimum atomic E-state index is -1.11. The molecule has 1 saturated carbocycles. The highest BCUT2D eigenvalue weighted by Gasteiger charge is 2.52. The van der Waals surface area contributed by atoms with Gasteiger partial charge in [-0.15, -0.1) is 5.10 Å². The topological polar surface area (TPSA) is 135 Å². The van der Waals surface area contributed by atoms with Crippen LogP contribution in [0.1, 0.15) is 54.4 Å². The van der Waals surface area contributed by atoms with Crippen molar-refractivity contribution in [2.24, 2.45) is 11.1 Å². The zero-order valence-electron chi connectivity index (χ0n) is 18.3. The van der Waals surface area contributed by atoms with Crippen LogP contribution in [-0.2, 0) is 22.7 Å². The van der Waals surface area contributed by atoms with Gasteiger partial charge in [0.15, 0.2) is 0 Å². The third-order valence-corrected chi connectivity index (χ3v) is 5.89. The Morgan fingerprint density at radius 2 is 2.22 bits per heavy atom. The van der Waals surface area contributed by atoms with E-state index in [2.05, 4.69) is 25.7 Å². The number of carboxylic acids is 1. The van der Waals surface area contributed by atoms with E-state index in [9.17, 15) is 9.59 Å². The van der Waals surface area contributed by atoms with Crippen molar-refractivity contribution in [3.8, 4) is 0 Å². The van der Waals surface area contributed by atoms with Gasteiger partial charge in [0.1, 0.15) is 5.60 Å². The molecule has 4 rings (SSSR count). The molecule has 2 aliphatic rings. The molecule has 0 atom stereocenters. The maximum absolute atomic E-state index is 12.3. The second kappa shape index (κ2) is 9.11. The van der Waals surface area contributed by atoms with Crippen molar-refractivity contribution in [2.45, 2.75) is 51.3 Å². The van der Waals surface area contributed by atoms with Crippen LogP contribution >= 0.6 is 0 Å². The quantitative estimate of drug-likeness (QED) is 0.527. The van der Waals surface area contributed by atoms with Crippen molar-refractivity contribution in [1.82, 2.24) is 25.2 Å². The highest BCUT2D eigenvalue weighted by atomic mass is 16.7. The fourth-order valence-electron chi connectivity index (χ4n) is 4.32. The molecule has 2 aromatic heterocycles. The molecule has 0 saturated heterocycles. The molecule has 0 unspecified atom stereocenters. The number of hydrogen-bond acceptors (Lipinski definition) is 8. The minimum absolute atomic E-state index is 0.0146. The van der Waals surface area contributed by atoms with Crippen LogP contribution in [0.25, 0.3) is 0 Å². The normalized spacial score (nSPS) is 22.0. The molecule has 1 spiro atoms. The van der Waals surface area contributed by atoms with Gasteiger partial charge in [0, 0.05) is 43.8 Å². The smallest absolute Gasteiger partial charge is 0.372 e. The summed E-state index contributed by atoms with van der Waals surface area (Å²) in [6, 6.07) is 1.62. The molecule has 1 amide bonds. The first-order chi connectivity index (χ1) is 15.3. The van der Waals surface area contributed by atoms with Crippen molar-refractivity contribution in [1.29, 1.82) is 0 Å². The Balaban J connectivity index is 1.13. The minimum Gasteiger partial charge on any atom is -0.475 e. The van der Waals surface area contributed by atoms with Crippen molar-refractivity contribution in [3.63, 3.8) is 0 Å². The maximum Gasteiger partial charge on any atom is 0.372 e. The Morgan fingerprint density at radius 3 is 2.94 bits per heavy atom. The molecule has 32 heavy (non-hydrogen) atoms. The molecule has 11 heteroatoms. The zero-order valence-corrected chi connectivity index (χ0v) is 18.3. The predicted molar refractivity (Wildman–Crippen MR) is 113 cm³/mol. The van der Waals surface area contributed by atoms with Crippen LogP contribution in [0, 0.1) is 5.92 Å². The van der Waals surface area contributed by atoms with Gasteiger partial charge in [0.05, 0.1) is 30.4 Å². The van der Waals surface area contributed by atoms with E-state index in [4.69, 9.17) is 14.4 Å². The highest BCUT2D eigenvalue weighted by molar-refractivity contribution is 5.86.